The molecule has 0 spiro atoms. The maximum Gasteiger partial charge on any atom is 0.269 e. The lowest BCUT2D eigenvalue weighted by Crippen LogP contribution is -2.30. The third-order valence-corrected chi connectivity index (χ3v) is 6.25. The van der Waals surface area contributed by atoms with Gasteiger partial charge in [-0.1, -0.05) is 6.07 Å². The Morgan fingerprint density at radius 3 is 2.50 bits per heavy atom. The van der Waals surface area contributed by atoms with E-state index >= 15 is 0 Å². The molecule has 170 valence electrons. The predicted octanol–water partition coefficient (Wildman–Crippen LogP) is 5.41. The lowest BCUT2D eigenvalue weighted by Gasteiger charge is -2.29. The topological polar surface area (TPSA) is 76.2 Å². The average Bonchev–Trinajstić information content (AvgIpc) is 3.46. The molecule has 0 aliphatic carbocycles. The SMILES string of the molecule is Cc1cc(N2C(=S)N[C@H](c3ccccn3)[C@@H]2c2cccn2-c2ccc([N+](=O)[O-])cc2)ccc1F. The fourth-order valence-electron chi connectivity index (χ4n) is 4.32. The molecule has 0 bridgehead atoms. The number of hydrogen-bond acceptors (Lipinski definition) is 4. The molecule has 1 saturated heterocycles. The quantitative estimate of drug-likeness (QED) is 0.237. The molecule has 1 aliphatic heterocycles. The van der Waals surface area contributed by atoms with E-state index in [1.807, 2.05) is 46.0 Å². The van der Waals surface area contributed by atoms with E-state index in [4.69, 9.17) is 12.2 Å². The Morgan fingerprint density at radius 1 is 1.06 bits per heavy atom. The van der Waals surface area contributed by atoms with Gasteiger partial charge in [-0.3, -0.25) is 15.1 Å². The molecule has 34 heavy (non-hydrogen) atoms. The molecule has 2 atom stereocenters. The fraction of sp³-hybridized carbons (Fsp3) is 0.120. The average molecular weight is 474 g/mol. The van der Waals surface area contributed by atoms with Crippen molar-refractivity contribution in [1.29, 1.82) is 0 Å². The Hall–Kier alpha value is -4.11. The Labute approximate surface area is 200 Å². The zero-order valence-corrected chi connectivity index (χ0v) is 18.9. The summed E-state index contributed by atoms with van der Waals surface area (Å²) in [5.41, 5.74) is 3.79. The molecule has 1 N–H and O–H groups in total. The highest BCUT2D eigenvalue weighted by molar-refractivity contribution is 7.80. The molecule has 9 heteroatoms. The molecule has 0 amide bonds. The molecule has 2 aromatic heterocycles. The molecule has 7 nitrogen and oxygen atoms in total. The first kappa shape index (κ1) is 21.7. The van der Waals surface area contributed by atoms with Crippen LogP contribution in [-0.2, 0) is 0 Å². The van der Waals surface area contributed by atoms with E-state index in [0.717, 1.165) is 22.8 Å². The molecule has 1 aliphatic rings. The van der Waals surface area contributed by atoms with Crippen molar-refractivity contribution in [1.82, 2.24) is 14.9 Å². The van der Waals surface area contributed by atoms with Crippen LogP contribution in [0.2, 0.25) is 0 Å². The van der Waals surface area contributed by atoms with Crippen LogP contribution in [0.1, 0.15) is 29.0 Å². The number of anilines is 1. The Morgan fingerprint density at radius 2 is 1.82 bits per heavy atom. The number of aromatic nitrogens is 2. The highest BCUT2D eigenvalue weighted by Gasteiger charge is 2.42. The number of rotatable bonds is 5. The van der Waals surface area contributed by atoms with Crippen LogP contribution in [0.4, 0.5) is 15.8 Å². The molecule has 3 heterocycles. The standard InChI is InChI=1S/C25H20FN5O2S/c1-16-15-19(11-12-20(16)26)30-24(23(28-25(30)34)21-5-2-3-13-27-21)22-6-4-14-29(22)17-7-9-18(10-8-17)31(32)33/h2-15,23-24H,1H3,(H,28,34)/t23-,24+/m1/s1. The maximum atomic E-state index is 14.0. The molecule has 2 aromatic carbocycles. The van der Waals surface area contributed by atoms with E-state index in [9.17, 15) is 14.5 Å². The first-order chi connectivity index (χ1) is 16.4. The Balaban J connectivity index is 1.65. The van der Waals surface area contributed by atoms with Gasteiger partial charge in [0.2, 0.25) is 0 Å². The minimum atomic E-state index is -0.421. The van der Waals surface area contributed by atoms with E-state index in [1.54, 1.807) is 37.4 Å². The third kappa shape index (κ3) is 3.80. The highest BCUT2D eigenvalue weighted by atomic mass is 32.1. The van der Waals surface area contributed by atoms with Crippen molar-refractivity contribution in [2.24, 2.45) is 0 Å². The van der Waals surface area contributed by atoms with Crippen LogP contribution in [-0.4, -0.2) is 19.6 Å². The van der Waals surface area contributed by atoms with E-state index in [2.05, 4.69) is 10.3 Å². The van der Waals surface area contributed by atoms with Crippen molar-refractivity contribution in [2.75, 3.05) is 4.90 Å². The Bertz CT molecular complexity index is 1370. The lowest BCUT2D eigenvalue weighted by atomic mass is 10.0. The number of benzene rings is 2. The zero-order valence-electron chi connectivity index (χ0n) is 18.1. The van der Waals surface area contributed by atoms with E-state index < -0.39 is 4.92 Å². The Kier molecular flexibility index (Phi) is 5.54. The van der Waals surface area contributed by atoms with Gasteiger partial charge in [-0.05, 0) is 79.3 Å². The molecular formula is C25H20FN5O2S. The second-order valence-corrected chi connectivity index (χ2v) is 8.39. The summed E-state index contributed by atoms with van der Waals surface area (Å²) < 4.78 is 16.0. The van der Waals surface area contributed by atoms with Crippen LogP contribution >= 0.6 is 12.2 Å². The van der Waals surface area contributed by atoms with Crippen molar-refractivity contribution >= 4 is 28.7 Å². The number of nitro groups is 1. The van der Waals surface area contributed by atoms with Gasteiger partial charge in [-0.25, -0.2) is 4.39 Å². The minimum Gasteiger partial charge on any atom is -0.351 e. The van der Waals surface area contributed by atoms with Crippen LogP contribution in [0, 0.1) is 22.9 Å². The van der Waals surface area contributed by atoms with Gasteiger partial charge in [0.25, 0.3) is 5.69 Å². The molecule has 0 saturated carbocycles. The molecule has 0 radical (unpaired) electrons. The van der Waals surface area contributed by atoms with Crippen LogP contribution < -0.4 is 10.2 Å². The number of nitro benzene ring substituents is 1. The molecule has 0 unspecified atom stereocenters. The molecular weight excluding hydrogens is 453 g/mol. The summed E-state index contributed by atoms with van der Waals surface area (Å²) >= 11 is 5.74. The van der Waals surface area contributed by atoms with Crippen LogP contribution in [0.3, 0.4) is 0 Å². The summed E-state index contributed by atoms with van der Waals surface area (Å²) in [4.78, 5) is 17.2. The van der Waals surface area contributed by atoms with Crippen molar-refractivity contribution in [3.8, 4) is 5.69 Å². The second kappa shape index (κ2) is 8.68. The summed E-state index contributed by atoms with van der Waals surface area (Å²) in [6.07, 6.45) is 3.64. The second-order valence-electron chi connectivity index (χ2n) is 8.01. The summed E-state index contributed by atoms with van der Waals surface area (Å²) in [5.74, 6) is -0.283. The van der Waals surface area contributed by atoms with Gasteiger partial charge >= 0.3 is 0 Å². The van der Waals surface area contributed by atoms with E-state index in [0.29, 0.717) is 10.7 Å². The van der Waals surface area contributed by atoms with Gasteiger partial charge in [-0.2, -0.15) is 0 Å². The van der Waals surface area contributed by atoms with Gasteiger partial charge in [0.15, 0.2) is 5.11 Å². The summed E-state index contributed by atoms with van der Waals surface area (Å²) in [5, 5.41) is 15.0. The van der Waals surface area contributed by atoms with Crippen LogP contribution in [0.25, 0.3) is 5.69 Å². The molecule has 4 aromatic rings. The zero-order chi connectivity index (χ0) is 23.8. The maximum absolute atomic E-state index is 14.0. The number of nitrogens with zero attached hydrogens (tertiary/aromatic N) is 4. The molecule has 5 rings (SSSR count). The van der Waals surface area contributed by atoms with Gasteiger partial charge in [0.05, 0.1) is 16.7 Å². The number of aryl methyl sites for hydroxylation is 1. The van der Waals surface area contributed by atoms with E-state index in [-0.39, 0.29) is 23.6 Å². The lowest BCUT2D eigenvalue weighted by molar-refractivity contribution is -0.384. The van der Waals surface area contributed by atoms with Gasteiger partial charge in [0.1, 0.15) is 11.9 Å². The van der Waals surface area contributed by atoms with Gasteiger partial charge in [0, 0.05) is 41.6 Å². The van der Waals surface area contributed by atoms with Crippen molar-refractivity contribution in [2.45, 2.75) is 19.0 Å². The van der Waals surface area contributed by atoms with E-state index in [1.165, 1.54) is 18.2 Å². The smallest absolute Gasteiger partial charge is 0.269 e. The number of thiocarbonyl (C=S) groups is 1. The first-order valence-corrected chi connectivity index (χ1v) is 11.0. The first-order valence-electron chi connectivity index (χ1n) is 10.6. The third-order valence-electron chi connectivity index (χ3n) is 5.94. The number of hydrogen-bond donors (Lipinski definition) is 1. The van der Waals surface area contributed by atoms with Crippen molar-refractivity contribution in [3.05, 3.63) is 118 Å². The van der Waals surface area contributed by atoms with Crippen molar-refractivity contribution < 1.29 is 9.31 Å². The monoisotopic (exact) mass is 473 g/mol. The largest absolute Gasteiger partial charge is 0.351 e. The van der Waals surface area contributed by atoms with Gasteiger partial charge < -0.3 is 14.8 Å². The van der Waals surface area contributed by atoms with Crippen LogP contribution in [0.5, 0.6) is 0 Å². The van der Waals surface area contributed by atoms with Gasteiger partial charge in [-0.15, -0.1) is 0 Å². The number of nitrogens with one attached hydrogen (secondary N) is 1. The summed E-state index contributed by atoms with van der Waals surface area (Å²) in [6, 6.07) is 20.3. The molecule has 1 fully saturated rings. The number of pyridine rings is 1. The summed E-state index contributed by atoms with van der Waals surface area (Å²) in [7, 11) is 0. The minimum absolute atomic E-state index is 0.0240. The fourth-order valence-corrected chi connectivity index (χ4v) is 4.66. The predicted molar refractivity (Wildman–Crippen MR) is 131 cm³/mol. The number of non-ortho nitro benzene ring substituents is 1. The van der Waals surface area contributed by atoms with Crippen LogP contribution in [0.15, 0.2) is 85.2 Å². The highest BCUT2D eigenvalue weighted by Crippen LogP contribution is 2.42. The summed E-state index contributed by atoms with van der Waals surface area (Å²) in [6.45, 7) is 1.72. The normalized spacial score (nSPS) is 17.6. The number of halogens is 1. The van der Waals surface area contributed by atoms with Crippen molar-refractivity contribution in [3.63, 3.8) is 0 Å².